The molecule has 1 aliphatic rings. The topological polar surface area (TPSA) is 50.4 Å². The van der Waals surface area contributed by atoms with Gasteiger partial charge in [-0.2, -0.15) is 0 Å². The number of likely N-dealkylation sites (N-methyl/N-ethyl adjacent to an activating group) is 1. The van der Waals surface area contributed by atoms with Crippen molar-refractivity contribution in [2.75, 3.05) is 19.7 Å². The van der Waals surface area contributed by atoms with Gasteiger partial charge in [-0.05, 0) is 26.7 Å². The Morgan fingerprint density at radius 1 is 1.64 bits per heavy atom. The van der Waals surface area contributed by atoms with Crippen molar-refractivity contribution >= 4 is 5.91 Å². The van der Waals surface area contributed by atoms with Gasteiger partial charge in [0.1, 0.15) is 0 Å². The molecular weight excluding hydrogens is 180 g/mol. The fourth-order valence-corrected chi connectivity index (χ4v) is 1.64. The van der Waals surface area contributed by atoms with Gasteiger partial charge in [-0.25, -0.2) is 0 Å². The molecule has 2 N–H and O–H groups in total. The van der Waals surface area contributed by atoms with Crippen LogP contribution in [0, 0.1) is 0 Å². The molecular formula is C10H20N2O2. The fraction of sp³-hybridized carbons (Fsp3) is 0.900. The van der Waals surface area contributed by atoms with Gasteiger partial charge in [0.25, 0.3) is 0 Å². The first-order valence-corrected chi connectivity index (χ1v) is 5.35. The van der Waals surface area contributed by atoms with Crippen LogP contribution in [0.15, 0.2) is 0 Å². The highest BCUT2D eigenvalue weighted by Crippen LogP contribution is 2.14. The van der Waals surface area contributed by atoms with Gasteiger partial charge in [-0.1, -0.05) is 0 Å². The highest BCUT2D eigenvalue weighted by atomic mass is 16.5. The molecule has 1 saturated heterocycles. The van der Waals surface area contributed by atoms with E-state index >= 15 is 0 Å². The zero-order valence-electron chi connectivity index (χ0n) is 9.01. The van der Waals surface area contributed by atoms with Gasteiger partial charge in [0.15, 0.2) is 0 Å². The van der Waals surface area contributed by atoms with E-state index in [1.165, 1.54) is 0 Å². The van der Waals surface area contributed by atoms with Crippen molar-refractivity contribution in [3.8, 4) is 0 Å². The maximum atomic E-state index is 11.1. The molecule has 0 radical (unpaired) electrons. The van der Waals surface area contributed by atoms with Gasteiger partial charge < -0.3 is 15.4 Å². The van der Waals surface area contributed by atoms with Crippen molar-refractivity contribution in [1.29, 1.82) is 0 Å². The van der Waals surface area contributed by atoms with Gasteiger partial charge in [0, 0.05) is 19.2 Å². The Morgan fingerprint density at radius 2 is 2.43 bits per heavy atom. The van der Waals surface area contributed by atoms with E-state index in [9.17, 15) is 4.79 Å². The number of amides is 1. The number of rotatable bonds is 5. The number of hydrogen-bond donors (Lipinski definition) is 2. The molecule has 0 aromatic carbocycles. The lowest BCUT2D eigenvalue weighted by molar-refractivity contribution is -0.120. The fourth-order valence-electron chi connectivity index (χ4n) is 1.64. The maximum absolute atomic E-state index is 11.1. The minimum atomic E-state index is 0.0531. The molecule has 82 valence electrons. The molecule has 1 amide bonds. The van der Waals surface area contributed by atoms with Gasteiger partial charge in [0.2, 0.25) is 5.91 Å². The average Bonchev–Trinajstić information content (AvgIpc) is 2.67. The number of ether oxygens (including phenoxy) is 1. The summed E-state index contributed by atoms with van der Waals surface area (Å²) in [7, 11) is 0. The lowest BCUT2D eigenvalue weighted by Gasteiger charge is -2.19. The molecule has 4 heteroatoms. The van der Waals surface area contributed by atoms with Crippen molar-refractivity contribution in [2.24, 2.45) is 0 Å². The molecule has 4 nitrogen and oxygen atoms in total. The third-order valence-electron chi connectivity index (χ3n) is 2.48. The molecule has 0 saturated carbocycles. The Labute approximate surface area is 85.4 Å². The van der Waals surface area contributed by atoms with E-state index < -0.39 is 0 Å². The Hall–Kier alpha value is -0.610. The number of carbonyl (C=O) groups is 1. The second-order valence-electron chi connectivity index (χ2n) is 3.67. The van der Waals surface area contributed by atoms with E-state index in [0.717, 1.165) is 19.4 Å². The van der Waals surface area contributed by atoms with E-state index in [1.54, 1.807) is 0 Å². The molecule has 14 heavy (non-hydrogen) atoms. The van der Waals surface area contributed by atoms with Gasteiger partial charge in [-0.15, -0.1) is 0 Å². The predicted molar refractivity (Wildman–Crippen MR) is 55.1 cm³/mol. The molecule has 1 heterocycles. The summed E-state index contributed by atoms with van der Waals surface area (Å²) >= 11 is 0. The standard InChI is InChI=1S/C10H20N2O2/c1-3-11-10(13)7-12-8(2)9-5-4-6-14-9/h8-9,12H,3-7H2,1-2H3,(H,11,13). The summed E-state index contributed by atoms with van der Waals surface area (Å²) in [5.74, 6) is 0.0531. The van der Waals surface area contributed by atoms with E-state index in [1.807, 2.05) is 6.92 Å². The normalized spacial score (nSPS) is 23.4. The highest BCUT2D eigenvalue weighted by molar-refractivity contribution is 5.77. The molecule has 1 rings (SSSR count). The van der Waals surface area contributed by atoms with E-state index in [-0.39, 0.29) is 18.1 Å². The third-order valence-corrected chi connectivity index (χ3v) is 2.48. The first-order valence-electron chi connectivity index (χ1n) is 5.35. The Bertz CT molecular complexity index is 179. The first kappa shape index (κ1) is 11.5. The summed E-state index contributed by atoms with van der Waals surface area (Å²) in [6.45, 7) is 5.91. The van der Waals surface area contributed by atoms with Crippen molar-refractivity contribution in [1.82, 2.24) is 10.6 Å². The Kier molecular flexibility index (Phi) is 4.90. The van der Waals surface area contributed by atoms with Crippen LogP contribution in [0.4, 0.5) is 0 Å². The van der Waals surface area contributed by atoms with E-state index in [4.69, 9.17) is 4.74 Å². The largest absolute Gasteiger partial charge is 0.377 e. The van der Waals surface area contributed by atoms with Gasteiger partial charge >= 0.3 is 0 Å². The van der Waals surface area contributed by atoms with Crippen molar-refractivity contribution in [3.05, 3.63) is 0 Å². The van der Waals surface area contributed by atoms with Gasteiger partial charge in [0.05, 0.1) is 12.6 Å². The molecule has 2 atom stereocenters. The van der Waals surface area contributed by atoms with Crippen LogP contribution in [0.2, 0.25) is 0 Å². The number of carbonyl (C=O) groups excluding carboxylic acids is 1. The molecule has 0 bridgehead atoms. The van der Waals surface area contributed by atoms with Crippen LogP contribution in [-0.2, 0) is 9.53 Å². The zero-order valence-corrected chi connectivity index (χ0v) is 9.01. The summed E-state index contributed by atoms with van der Waals surface area (Å²) in [5, 5.41) is 5.92. The molecule has 2 unspecified atom stereocenters. The Morgan fingerprint density at radius 3 is 3.00 bits per heavy atom. The van der Waals surface area contributed by atoms with Crippen LogP contribution in [0.5, 0.6) is 0 Å². The summed E-state index contributed by atoms with van der Waals surface area (Å²) < 4.78 is 5.51. The lowest BCUT2D eigenvalue weighted by atomic mass is 10.1. The van der Waals surface area contributed by atoms with Crippen LogP contribution < -0.4 is 10.6 Å². The predicted octanol–water partition coefficient (Wildman–Crippen LogP) is 0.280. The van der Waals surface area contributed by atoms with Crippen molar-refractivity contribution < 1.29 is 9.53 Å². The smallest absolute Gasteiger partial charge is 0.233 e. The Balaban J connectivity index is 2.13. The molecule has 0 spiro atoms. The molecule has 0 aliphatic carbocycles. The summed E-state index contributed by atoms with van der Waals surface area (Å²) in [6, 6.07) is 0.264. The van der Waals surface area contributed by atoms with E-state index in [2.05, 4.69) is 17.6 Å². The van der Waals surface area contributed by atoms with Crippen molar-refractivity contribution in [2.45, 2.75) is 38.8 Å². The number of hydrogen-bond acceptors (Lipinski definition) is 3. The van der Waals surface area contributed by atoms with Crippen LogP contribution in [0.3, 0.4) is 0 Å². The number of nitrogens with one attached hydrogen (secondary N) is 2. The van der Waals surface area contributed by atoms with Crippen LogP contribution >= 0.6 is 0 Å². The third kappa shape index (κ3) is 3.64. The second kappa shape index (κ2) is 5.98. The first-order chi connectivity index (χ1) is 6.74. The second-order valence-corrected chi connectivity index (χ2v) is 3.67. The highest BCUT2D eigenvalue weighted by Gasteiger charge is 2.22. The minimum Gasteiger partial charge on any atom is -0.377 e. The minimum absolute atomic E-state index is 0.0531. The zero-order chi connectivity index (χ0) is 10.4. The summed E-state index contributed by atoms with van der Waals surface area (Å²) in [6.07, 6.45) is 2.52. The maximum Gasteiger partial charge on any atom is 0.233 e. The quantitative estimate of drug-likeness (QED) is 0.670. The van der Waals surface area contributed by atoms with Crippen LogP contribution in [0.1, 0.15) is 26.7 Å². The lowest BCUT2D eigenvalue weighted by Crippen LogP contribution is -2.43. The molecule has 1 aliphatic heterocycles. The molecule has 0 aromatic heterocycles. The average molecular weight is 200 g/mol. The summed E-state index contributed by atoms with van der Waals surface area (Å²) in [4.78, 5) is 11.1. The molecule has 0 aromatic rings. The van der Waals surface area contributed by atoms with Crippen LogP contribution in [0.25, 0.3) is 0 Å². The SMILES string of the molecule is CCNC(=O)CNC(C)C1CCCO1. The van der Waals surface area contributed by atoms with Crippen LogP contribution in [-0.4, -0.2) is 37.7 Å². The molecule has 1 fully saturated rings. The van der Waals surface area contributed by atoms with Crippen molar-refractivity contribution in [3.63, 3.8) is 0 Å². The monoisotopic (exact) mass is 200 g/mol. The van der Waals surface area contributed by atoms with Gasteiger partial charge in [-0.3, -0.25) is 4.79 Å². The van der Waals surface area contributed by atoms with E-state index in [0.29, 0.717) is 13.1 Å². The summed E-state index contributed by atoms with van der Waals surface area (Å²) in [5.41, 5.74) is 0.